The van der Waals surface area contributed by atoms with Crippen LogP contribution in [0.5, 0.6) is 0 Å². The van der Waals surface area contributed by atoms with Gasteiger partial charge in [-0.1, -0.05) is 18.2 Å². The van der Waals surface area contributed by atoms with E-state index >= 15 is 0 Å². The van der Waals surface area contributed by atoms with Crippen molar-refractivity contribution in [2.45, 2.75) is 17.9 Å². The van der Waals surface area contributed by atoms with Crippen molar-refractivity contribution in [1.29, 1.82) is 0 Å². The minimum Gasteiger partial charge on any atom is -0.467 e. The summed E-state index contributed by atoms with van der Waals surface area (Å²) in [7, 11) is 0.342. The normalized spacial score (nSPS) is 12.0. The Morgan fingerprint density at radius 3 is 2.00 bits per heavy atom. The molecule has 0 radical (unpaired) electrons. The molecule has 68 valence electrons. The third-order valence-corrected chi connectivity index (χ3v) is 4.56. The first-order valence-electron chi connectivity index (χ1n) is 4.09. The van der Waals surface area contributed by atoms with Crippen LogP contribution in [-0.2, 0) is 4.12 Å². The molecule has 0 aliphatic rings. The quantitative estimate of drug-likeness (QED) is 0.436. The van der Waals surface area contributed by atoms with Gasteiger partial charge in [-0.2, -0.15) is 0 Å². The second kappa shape index (κ2) is 6.17. The molecule has 12 heavy (non-hydrogen) atoms. The van der Waals surface area contributed by atoms with Crippen LogP contribution in [0.3, 0.4) is 0 Å². The average Bonchev–Trinajstić information content (AvgIpc) is 2.06. The third-order valence-electron chi connectivity index (χ3n) is 1.97. The van der Waals surface area contributed by atoms with Crippen LogP contribution in [0.4, 0.5) is 0 Å². The lowest BCUT2D eigenvalue weighted by atomic mass is 10.0. The summed E-state index contributed by atoms with van der Waals surface area (Å²) in [6.07, 6.45) is 7.84. The van der Waals surface area contributed by atoms with E-state index in [1.165, 1.54) is 0 Å². The Kier molecular flexibility index (Phi) is 5.97. The van der Waals surface area contributed by atoms with Gasteiger partial charge >= 0.3 is 0 Å². The summed E-state index contributed by atoms with van der Waals surface area (Å²) in [5.74, 6) is 0. The lowest BCUT2D eigenvalue weighted by Crippen LogP contribution is -2.19. The lowest BCUT2D eigenvalue weighted by molar-refractivity contribution is 0.573. The Morgan fingerprint density at radius 2 is 1.75 bits per heavy atom. The fourth-order valence-corrected chi connectivity index (χ4v) is 4.35. The molecule has 0 aromatic carbocycles. The SMILES string of the molecule is C=CCC(C=C)(CC=C)[SiH2]O[SiH3]. The summed E-state index contributed by atoms with van der Waals surface area (Å²) >= 11 is 0. The van der Waals surface area contributed by atoms with E-state index in [0.29, 0.717) is 0 Å². The Balaban J connectivity index is 4.35. The van der Waals surface area contributed by atoms with E-state index in [1.807, 2.05) is 18.2 Å². The average molecular weight is 198 g/mol. The van der Waals surface area contributed by atoms with Crippen molar-refractivity contribution in [3.63, 3.8) is 0 Å². The van der Waals surface area contributed by atoms with E-state index in [0.717, 1.165) is 23.3 Å². The zero-order valence-electron chi connectivity index (χ0n) is 7.88. The van der Waals surface area contributed by atoms with E-state index in [9.17, 15) is 0 Å². The maximum atomic E-state index is 5.41. The van der Waals surface area contributed by atoms with Gasteiger partial charge in [0.25, 0.3) is 0 Å². The second-order valence-electron chi connectivity index (χ2n) is 2.99. The minimum atomic E-state index is -0.492. The summed E-state index contributed by atoms with van der Waals surface area (Å²) in [5.41, 5.74) is 0. The molecular formula is C9H18OSi2. The molecule has 0 N–H and O–H groups in total. The minimum absolute atomic E-state index is 0.172. The first-order valence-corrected chi connectivity index (χ1v) is 6.19. The molecule has 0 fully saturated rings. The Hall–Kier alpha value is -0.386. The summed E-state index contributed by atoms with van der Waals surface area (Å²) in [5, 5.41) is 0.172. The smallest absolute Gasteiger partial charge is 0.156 e. The molecule has 0 bridgehead atoms. The van der Waals surface area contributed by atoms with Gasteiger partial charge in [-0.15, -0.1) is 19.7 Å². The van der Waals surface area contributed by atoms with Crippen LogP contribution in [0.15, 0.2) is 38.0 Å². The molecule has 0 saturated heterocycles. The first kappa shape index (κ1) is 11.6. The fourth-order valence-electron chi connectivity index (χ4n) is 1.29. The Morgan fingerprint density at radius 1 is 1.25 bits per heavy atom. The van der Waals surface area contributed by atoms with Gasteiger partial charge in [0.2, 0.25) is 0 Å². The Bertz CT molecular complexity index is 156. The molecule has 0 spiro atoms. The summed E-state index contributed by atoms with van der Waals surface area (Å²) in [4.78, 5) is 0. The van der Waals surface area contributed by atoms with E-state index in [-0.39, 0.29) is 5.04 Å². The van der Waals surface area contributed by atoms with Crippen LogP contribution < -0.4 is 0 Å². The molecule has 0 heterocycles. The molecule has 0 aromatic heterocycles. The van der Waals surface area contributed by atoms with E-state index in [1.54, 1.807) is 0 Å². The Labute approximate surface area is 80.7 Å². The molecule has 0 saturated carbocycles. The van der Waals surface area contributed by atoms with Gasteiger partial charge < -0.3 is 4.12 Å². The molecule has 0 aliphatic heterocycles. The number of rotatable bonds is 7. The summed E-state index contributed by atoms with van der Waals surface area (Å²) in [6.45, 7) is 11.4. The predicted octanol–water partition coefficient (Wildman–Crippen LogP) is 0.864. The van der Waals surface area contributed by atoms with E-state index in [2.05, 4.69) is 19.7 Å². The summed E-state index contributed by atoms with van der Waals surface area (Å²) in [6, 6.07) is 0. The molecule has 1 nitrogen and oxygen atoms in total. The lowest BCUT2D eigenvalue weighted by Gasteiger charge is -2.26. The molecule has 3 heteroatoms. The van der Waals surface area contributed by atoms with Crippen LogP contribution in [-0.4, -0.2) is 20.2 Å². The highest BCUT2D eigenvalue weighted by molar-refractivity contribution is 6.39. The van der Waals surface area contributed by atoms with Crippen molar-refractivity contribution in [3.05, 3.63) is 38.0 Å². The molecule has 0 atom stereocenters. The van der Waals surface area contributed by atoms with Crippen molar-refractivity contribution in [3.8, 4) is 0 Å². The maximum absolute atomic E-state index is 5.41. The summed E-state index contributed by atoms with van der Waals surface area (Å²) < 4.78 is 5.41. The van der Waals surface area contributed by atoms with Crippen molar-refractivity contribution >= 4 is 20.2 Å². The molecule has 0 aromatic rings. The molecule has 0 unspecified atom stereocenters. The van der Waals surface area contributed by atoms with Crippen LogP contribution in [0, 0.1) is 0 Å². The van der Waals surface area contributed by atoms with Gasteiger partial charge in [-0.05, 0) is 12.8 Å². The van der Waals surface area contributed by atoms with Gasteiger partial charge in [-0.25, -0.2) is 0 Å². The van der Waals surface area contributed by atoms with Crippen molar-refractivity contribution in [1.82, 2.24) is 0 Å². The second-order valence-corrected chi connectivity index (χ2v) is 6.99. The molecule has 0 amide bonds. The van der Waals surface area contributed by atoms with Crippen molar-refractivity contribution < 1.29 is 4.12 Å². The van der Waals surface area contributed by atoms with Crippen LogP contribution in [0.25, 0.3) is 0 Å². The highest BCUT2D eigenvalue weighted by Crippen LogP contribution is 2.35. The first-order chi connectivity index (χ1) is 5.74. The zero-order valence-corrected chi connectivity index (χ0v) is 11.3. The highest BCUT2D eigenvalue weighted by Gasteiger charge is 2.23. The third kappa shape index (κ3) is 3.34. The van der Waals surface area contributed by atoms with Crippen molar-refractivity contribution in [2.75, 3.05) is 0 Å². The topological polar surface area (TPSA) is 9.23 Å². The van der Waals surface area contributed by atoms with Crippen LogP contribution in [0.2, 0.25) is 5.04 Å². The highest BCUT2D eigenvalue weighted by atomic mass is 28.3. The monoisotopic (exact) mass is 198 g/mol. The fraction of sp³-hybridized carbons (Fsp3) is 0.333. The predicted molar refractivity (Wildman–Crippen MR) is 62.1 cm³/mol. The maximum Gasteiger partial charge on any atom is 0.156 e. The molecule has 0 aliphatic carbocycles. The molecular weight excluding hydrogens is 180 g/mol. The van der Waals surface area contributed by atoms with Gasteiger partial charge in [0.1, 0.15) is 10.5 Å². The van der Waals surface area contributed by atoms with Gasteiger partial charge in [0, 0.05) is 5.04 Å². The number of hydrogen-bond donors (Lipinski definition) is 0. The largest absolute Gasteiger partial charge is 0.467 e. The van der Waals surface area contributed by atoms with Crippen LogP contribution >= 0.6 is 0 Å². The van der Waals surface area contributed by atoms with Gasteiger partial charge in [-0.3, -0.25) is 0 Å². The van der Waals surface area contributed by atoms with Crippen LogP contribution in [0.1, 0.15) is 12.8 Å². The molecule has 0 rings (SSSR count). The number of allylic oxidation sites excluding steroid dienone is 3. The standard InChI is InChI=1S/C9H18OSi2/c1-4-7-9(6-3,8-5-2)12-10-11/h4-6H,1-3,7-8,12H2,11H3. The van der Waals surface area contributed by atoms with Gasteiger partial charge in [0.15, 0.2) is 9.76 Å². The van der Waals surface area contributed by atoms with E-state index in [4.69, 9.17) is 4.12 Å². The van der Waals surface area contributed by atoms with Gasteiger partial charge in [0.05, 0.1) is 0 Å². The number of hydrogen-bond acceptors (Lipinski definition) is 1. The van der Waals surface area contributed by atoms with E-state index < -0.39 is 9.76 Å². The van der Waals surface area contributed by atoms with Crippen molar-refractivity contribution in [2.24, 2.45) is 0 Å². The zero-order chi connectivity index (χ0) is 9.45.